The Hall–Kier alpha value is -2.19. The first kappa shape index (κ1) is 17.2. The molecular weight excluding hydrogens is 368 g/mol. The molecule has 3 heterocycles. The van der Waals surface area contributed by atoms with Gasteiger partial charge in [-0.15, -0.1) is 23.1 Å². The van der Waals surface area contributed by atoms with E-state index in [1.54, 1.807) is 17.5 Å². The molecule has 3 aromatic heterocycles. The second-order valence-corrected chi connectivity index (χ2v) is 8.21. The Morgan fingerprint density at radius 1 is 1.35 bits per heavy atom. The number of carbonyl (C=O) groups excluding carboxylic acids is 1. The molecule has 2 N–H and O–H groups in total. The standard InChI is InChI=1S/C18H18N4O2S2/c23-15(20-8-11-4-1-2-7-19-11)10-25-9-14-21-17(24)16-12-5-3-6-13(12)26-18(16)22-14/h1-2,4,7H,3,5-6,8-10H2,(H,20,23)(H,21,22,24). The van der Waals surface area contributed by atoms with E-state index in [2.05, 4.69) is 20.3 Å². The molecule has 134 valence electrons. The van der Waals surface area contributed by atoms with Gasteiger partial charge in [-0.05, 0) is 37.0 Å². The highest BCUT2D eigenvalue weighted by atomic mass is 32.2. The van der Waals surface area contributed by atoms with Crippen LogP contribution in [0.4, 0.5) is 0 Å². The van der Waals surface area contributed by atoms with Gasteiger partial charge in [-0.25, -0.2) is 4.98 Å². The fourth-order valence-electron chi connectivity index (χ4n) is 3.10. The van der Waals surface area contributed by atoms with Gasteiger partial charge in [-0.2, -0.15) is 0 Å². The van der Waals surface area contributed by atoms with Gasteiger partial charge in [0.2, 0.25) is 5.91 Å². The number of hydrogen-bond acceptors (Lipinski definition) is 6. The average Bonchev–Trinajstić information content (AvgIpc) is 3.21. The highest BCUT2D eigenvalue weighted by Crippen LogP contribution is 2.34. The Kier molecular flexibility index (Phi) is 5.03. The van der Waals surface area contributed by atoms with Gasteiger partial charge in [0.25, 0.3) is 5.56 Å². The summed E-state index contributed by atoms with van der Waals surface area (Å²) in [7, 11) is 0. The minimum absolute atomic E-state index is 0.0513. The zero-order valence-electron chi connectivity index (χ0n) is 14.1. The van der Waals surface area contributed by atoms with Crippen molar-refractivity contribution in [1.82, 2.24) is 20.3 Å². The predicted molar refractivity (Wildman–Crippen MR) is 105 cm³/mol. The number of amides is 1. The van der Waals surface area contributed by atoms with Gasteiger partial charge in [0, 0.05) is 11.1 Å². The summed E-state index contributed by atoms with van der Waals surface area (Å²) in [5.74, 6) is 1.39. The summed E-state index contributed by atoms with van der Waals surface area (Å²) < 4.78 is 0. The number of aromatic nitrogens is 3. The number of nitrogens with zero attached hydrogens (tertiary/aromatic N) is 2. The van der Waals surface area contributed by atoms with Crippen molar-refractivity contribution in [2.75, 3.05) is 5.75 Å². The summed E-state index contributed by atoms with van der Waals surface area (Å²) in [6.45, 7) is 0.419. The van der Waals surface area contributed by atoms with Crippen molar-refractivity contribution >= 4 is 39.2 Å². The van der Waals surface area contributed by atoms with Crippen LogP contribution in [0.3, 0.4) is 0 Å². The number of nitrogens with one attached hydrogen (secondary N) is 2. The van der Waals surface area contributed by atoms with Crippen LogP contribution in [0.1, 0.15) is 28.4 Å². The molecule has 0 atom stereocenters. The Labute approximate surface area is 158 Å². The van der Waals surface area contributed by atoms with Crippen molar-refractivity contribution in [2.24, 2.45) is 0 Å². The molecule has 0 saturated carbocycles. The largest absolute Gasteiger partial charge is 0.350 e. The van der Waals surface area contributed by atoms with E-state index >= 15 is 0 Å². The minimum Gasteiger partial charge on any atom is -0.350 e. The van der Waals surface area contributed by atoms with Crippen molar-refractivity contribution in [3.05, 3.63) is 56.7 Å². The topological polar surface area (TPSA) is 87.7 Å². The van der Waals surface area contributed by atoms with Crippen LogP contribution in [0.25, 0.3) is 10.2 Å². The second-order valence-electron chi connectivity index (χ2n) is 6.14. The molecule has 8 heteroatoms. The third-order valence-electron chi connectivity index (χ3n) is 4.29. The maximum absolute atomic E-state index is 12.4. The van der Waals surface area contributed by atoms with Gasteiger partial charge in [0.15, 0.2) is 0 Å². The highest BCUT2D eigenvalue weighted by molar-refractivity contribution is 7.99. The molecule has 26 heavy (non-hydrogen) atoms. The Morgan fingerprint density at radius 3 is 3.12 bits per heavy atom. The van der Waals surface area contributed by atoms with Crippen molar-refractivity contribution in [1.29, 1.82) is 0 Å². The van der Waals surface area contributed by atoms with Crippen LogP contribution in [-0.2, 0) is 29.9 Å². The molecule has 0 bridgehead atoms. The number of thiophene rings is 1. The first-order chi connectivity index (χ1) is 12.7. The van der Waals surface area contributed by atoms with E-state index < -0.39 is 0 Å². The smallest absolute Gasteiger partial charge is 0.259 e. The van der Waals surface area contributed by atoms with E-state index in [-0.39, 0.29) is 11.5 Å². The molecule has 6 nitrogen and oxygen atoms in total. The van der Waals surface area contributed by atoms with Crippen LogP contribution in [0, 0.1) is 0 Å². The van der Waals surface area contributed by atoms with Crippen LogP contribution in [-0.4, -0.2) is 26.6 Å². The summed E-state index contributed by atoms with van der Waals surface area (Å²) >= 11 is 3.07. The summed E-state index contributed by atoms with van der Waals surface area (Å²) in [6, 6.07) is 5.60. The molecule has 1 amide bonds. The number of pyridine rings is 1. The summed E-state index contributed by atoms with van der Waals surface area (Å²) in [4.78, 5) is 38.1. The van der Waals surface area contributed by atoms with E-state index in [0.29, 0.717) is 23.9 Å². The molecule has 3 aromatic rings. The molecule has 0 unspecified atom stereocenters. The Bertz CT molecular complexity index is 998. The minimum atomic E-state index is -0.0563. The van der Waals surface area contributed by atoms with Crippen LogP contribution in [0.15, 0.2) is 29.2 Å². The van der Waals surface area contributed by atoms with Crippen LogP contribution < -0.4 is 10.9 Å². The lowest BCUT2D eigenvalue weighted by molar-refractivity contribution is -0.118. The van der Waals surface area contributed by atoms with Gasteiger partial charge in [-0.1, -0.05) is 6.07 Å². The first-order valence-electron chi connectivity index (χ1n) is 8.48. The van der Waals surface area contributed by atoms with Crippen molar-refractivity contribution in [3.8, 4) is 0 Å². The summed E-state index contributed by atoms with van der Waals surface area (Å²) in [5, 5.41) is 3.61. The van der Waals surface area contributed by atoms with E-state index in [9.17, 15) is 9.59 Å². The predicted octanol–water partition coefficient (Wildman–Crippen LogP) is 2.42. The van der Waals surface area contributed by atoms with Gasteiger partial charge in [-0.3, -0.25) is 14.6 Å². The Balaban J connectivity index is 1.33. The van der Waals surface area contributed by atoms with E-state index in [1.165, 1.54) is 22.2 Å². The van der Waals surface area contributed by atoms with Gasteiger partial charge < -0.3 is 10.3 Å². The number of aromatic amines is 1. The molecule has 0 fully saturated rings. The molecule has 4 rings (SSSR count). The first-order valence-corrected chi connectivity index (χ1v) is 10.5. The zero-order valence-corrected chi connectivity index (χ0v) is 15.7. The lowest BCUT2D eigenvalue weighted by Crippen LogP contribution is -2.25. The number of H-pyrrole nitrogens is 1. The zero-order chi connectivity index (χ0) is 17.9. The number of thioether (sulfide) groups is 1. The summed E-state index contributed by atoms with van der Waals surface area (Å²) in [6.07, 6.45) is 4.86. The quantitative estimate of drug-likeness (QED) is 0.679. The van der Waals surface area contributed by atoms with E-state index in [4.69, 9.17) is 0 Å². The van der Waals surface area contributed by atoms with Crippen molar-refractivity contribution in [3.63, 3.8) is 0 Å². The molecule has 0 aromatic carbocycles. The number of hydrogen-bond donors (Lipinski definition) is 2. The second kappa shape index (κ2) is 7.59. The molecule has 1 aliphatic rings. The van der Waals surface area contributed by atoms with Crippen molar-refractivity contribution < 1.29 is 4.79 Å². The van der Waals surface area contributed by atoms with Gasteiger partial charge in [0.05, 0.1) is 29.1 Å². The van der Waals surface area contributed by atoms with Crippen LogP contribution in [0.5, 0.6) is 0 Å². The monoisotopic (exact) mass is 386 g/mol. The number of aryl methyl sites for hydroxylation is 2. The fraction of sp³-hybridized carbons (Fsp3) is 0.333. The third kappa shape index (κ3) is 3.66. The number of rotatable bonds is 6. The van der Waals surface area contributed by atoms with Crippen LogP contribution >= 0.6 is 23.1 Å². The lowest BCUT2D eigenvalue weighted by atomic mass is 10.2. The molecule has 1 aliphatic carbocycles. The van der Waals surface area contributed by atoms with Crippen LogP contribution in [0.2, 0.25) is 0 Å². The van der Waals surface area contributed by atoms with Crippen molar-refractivity contribution in [2.45, 2.75) is 31.6 Å². The lowest BCUT2D eigenvalue weighted by Gasteiger charge is -2.05. The summed E-state index contributed by atoms with van der Waals surface area (Å²) in [5.41, 5.74) is 1.96. The molecule has 0 saturated heterocycles. The van der Waals surface area contributed by atoms with E-state index in [0.717, 1.165) is 35.2 Å². The van der Waals surface area contributed by atoms with Gasteiger partial charge >= 0.3 is 0 Å². The maximum Gasteiger partial charge on any atom is 0.259 e. The Morgan fingerprint density at radius 2 is 2.27 bits per heavy atom. The third-order valence-corrected chi connectivity index (χ3v) is 6.42. The average molecular weight is 387 g/mol. The molecule has 0 aliphatic heterocycles. The van der Waals surface area contributed by atoms with Gasteiger partial charge in [0.1, 0.15) is 10.7 Å². The SMILES string of the molecule is O=C(CSCc1nc2sc3c(c2c(=O)[nH]1)CCC3)NCc1ccccn1. The molecular formula is C18H18N4O2S2. The van der Waals surface area contributed by atoms with E-state index in [1.807, 2.05) is 18.2 Å². The normalized spacial score (nSPS) is 13.1. The molecule has 0 radical (unpaired) electrons. The fourth-order valence-corrected chi connectivity index (χ4v) is 5.10. The number of fused-ring (bicyclic) bond motifs is 3. The molecule has 0 spiro atoms. The highest BCUT2D eigenvalue weighted by Gasteiger charge is 2.21. The number of carbonyl (C=O) groups is 1. The maximum atomic E-state index is 12.4.